The summed E-state index contributed by atoms with van der Waals surface area (Å²) in [5.41, 5.74) is 1.54. The second-order valence-electron chi connectivity index (χ2n) is 6.31. The van der Waals surface area contributed by atoms with Crippen LogP contribution >= 0.6 is 23.4 Å². The fourth-order valence-corrected chi connectivity index (χ4v) is 3.62. The Kier molecular flexibility index (Phi) is 6.51. The summed E-state index contributed by atoms with van der Waals surface area (Å²) in [5.74, 6) is 0.0123. The predicted octanol–water partition coefficient (Wildman–Crippen LogP) is 5.17. The van der Waals surface area contributed by atoms with Gasteiger partial charge in [-0.15, -0.1) is 0 Å². The number of anilines is 1. The minimum Gasteiger partial charge on any atom is -0.496 e. The molecule has 1 aromatic heterocycles. The van der Waals surface area contributed by atoms with Crippen molar-refractivity contribution in [2.75, 3.05) is 26.5 Å². The van der Waals surface area contributed by atoms with Crippen molar-refractivity contribution in [2.45, 2.75) is 4.90 Å². The number of amides is 2. The molecule has 29 heavy (non-hydrogen) atoms. The van der Waals surface area contributed by atoms with E-state index in [9.17, 15) is 9.59 Å². The monoisotopic (exact) mass is 429 g/mol. The fraction of sp³-hybridized carbons (Fsp3) is 0.143. The van der Waals surface area contributed by atoms with E-state index < -0.39 is 0 Å². The molecule has 0 spiro atoms. The third kappa shape index (κ3) is 4.75. The van der Waals surface area contributed by atoms with Gasteiger partial charge in [0.25, 0.3) is 11.1 Å². The average Bonchev–Trinajstić information content (AvgIpc) is 3.23. The number of benzene rings is 2. The van der Waals surface area contributed by atoms with E-state index in [1.54, 1.807) is 44.4 Å². The Balaban J connectivity index is 1.90. The lowest BCUT2D eigenvalue weighted by molar-refractivity contribution is 0.102. The number of para-hydroxylation sites is 1. The zero-order valence-electron chi connectivity index (χ0n) is 16.2. The first-order valence-electron chi connectivity index (χ1n) is 8.71. The van der Waals surface area contributed by atoms with Crippen LogP contribution in [0.1, 0.15) is 10.4 Å². The summed E-state index contributed by atoms with van der Waals surface area (Å²) >= 11 is 7.46. The fourth-order valence-electron chi connectivity index (χ4n) is 2.62. The topological polar surface area (TPSA) is 63.6 Å². The van der Waals surface area contributed by atoms with Crippen molar-refractivity contribution in [3.05, 3.63) is 71.5 Å². The smallest absolute Gasteiger partial charge is 0.286 e. The lowest BCUT2D eigenvalue weighted by atomic mass is 10.1. The minimum atomic E-state index is -0.381. The summed E-state index contributed by atoms with van der Waals surface area (Å²) in [5, 5.41) is 3.13. The molecule has 1 heterocycles. The highest BCUT2D eigenvalue weighted by Gasteiger charge is 2.19. The molecule has 150 valence electrons. The first-order valence-corrected chi connectivity index (χ1v) is 9.90. The van der Waals surface area contributed by atoms with Crippen molar-refractivity contribution < 1.29 is 14.3 Å². The number of methoxy groups -OCH3 is 1. The van der Waals surface area contributed by atoms with Gasteiger partial charge in [0.05, 0.1) is 29.1 Å². The number of carbonyl (C=O) groups is 2. The number of hydrogen-bond acceptors (Lipinski definition) is 4. The van der Waals surface area contributed by atoms with Crippen LogP contribution in [0.5, 0.6) is 5.75 Å². The molecule has 0 atom stereocenters. The summed E-state index contributed by atoms with van der Waals surface area (Å²) in [6.45, 7) is 0. The molecular formula is C21H20ClN3O3S. The third-order valence-corrected chi connectivity index (χ3v) is 5.51. The zero-order valence-corrected chi connectivity index (χ0v) is 17.8. The Morgan fingerprint density at radius 2 is 1.79 bits per heavy atom. The molecule has 8 heteroatoms. The molecule has 0 unspecified atom stereocenters. The molecule has 0 bridgehead atoms. The van der Waals surface area contributed by atoms with Crippen LogP contribution in [-0.2, 0) is 0 Å². The summed E-state index contributed by atoms with van der Waals surface area (Å²) in [7, 11) is 4.85. The molecule has 0 fully saturated rings. The Hall–Kier alpha value is -2.90. The van der Waals surface area contributed by atoms with Gasteiger partial charge in [0.2, 0.25) is 0 Å². The number of carbonyl (C=O) groups excluding carboxylic acids is 2. The number of thioether (sulfide) groups is 1. The predicted molar refractivity (Wildman–Crippen MR) is 117 cm³/mol. The molecular weight excluding hydrogens is 410 g/mol. The van der Waals surface area contributed by atoms with Crippen LogP contribution in [0.15, 0.2) is 65.8 Å². The highest BCUT2D eigenvalue weighted by atomic mass is 35.5. The second kappa shape index (κ2) is 9.07. The summed E-state index contributed by atoms with van der Waals surface area (Å²) in [4.78, 5) is 27.1. The second-order valence-corrected chi connectivity index (χ2v) is 7.71. The summed E-state index contributed by atoms with van der Waals surface area (Å²) < 4.78 is 7.26. The van der Waals surface area contributed by atoms with Gasteiger partial charge in [-0.1, -0.05) is 23.7 Å². The van der Waals surface area contributed by atoms with Crippen LogP contribution in [0, 0.1) is 0 Å². The van der Waals surface area contributed by atoms with E-state index in [1.165, 1.54) is 12.0 Å². The maximum Gasteiger partial charge on any atom is 0.286 e. The molecule has 6 nitrogen and oxygen atoms in total. The molecule has 0 aliphatic carbocycles. The number of hydrogen-bond donors (Lipinski definition) is 1. The molecule has 1 N–H and O–H groups in total. The van der Waals surface area contributed by atoms with Crippen LogP contribution < -0.4 is 10.1 Å². The Morgan fingerprint density at radius 3 is 2.45 bits per heavy atom. The highest BCUT2D eigenvalue weighted by Crippen LogP contribution is 2.32. The van der Waals surface area contributed by atoms with Gasteiger partial charge in [0.1, 0.15) is 5.75 Å². The zero-order chi connectivity index (χ0) is 21.0. The van der Waals surface area contributed by atoms with Crippen molar-refractivity contribution in [1.29, 1.82) is 0 Å². The summed E-state index contributed by atoms with van der Waals surface area (Å²) in [6, 6.07) is 14.2. The van der Waals surface area contributed by atoms with Crippen molar-refractivity contribution in [3.8, 4) is 11.4 Å². The van der Waals surface area contributed by atoms with E-state index >= 15 is 0 Å². The first-order chi connectivity index (χ1) is 13.9. The van der Waals surface area contributed by atoms with Crippen molar-refractivity contribution in [2.24, 2.45) is 0 Å². The van der Waals surface area contributed by atoms with E-state index in [0.29, 0.717) is 32.6 Å². The highest BCUT2D eigenvalue weighted by molar-refractivity contribution is 8.13. The number of nitrogens with zero attached hydrogens (tertiary/aromatic N) is 2. The summed E-state index contributed by atoms with van der Waals surface area (Å²) in [6.07, 6.45) is 3.71. The SMILES string of the molecule is COc1cc(-n2cccc2)c(Cl)cc1C(=O)Nc1ccccc1SC(=O)N(C)C. The van der Waals surface area contributed by atoms with E-state index in [-0.39, 0.29) is 11.1 Å². The van der Waals surface area contributed by atoms with Crippen LogP contribution in [0.3, 0.4) is 0 Å². The standard InChI is InChI=1S/C21H20ClN3O3S/c1-24(2)21(27)29-19-9-5-4-8-16(19)23-20(26)14-12-15(22)17(13-18(14)28-3)25-10-6-7-11-25/h4-13H,1-3H3,(H,23,26). The van der Waals surface area contributed by atoms with E-state index in [0.717, 1.165) is 11.8 Å². The Labute approximate surface area is 178 Å². The van der Waals surface area contributed by atoms with E-state index in [2.05, 4.69) is 5.32 Å². The molecule has 3 rings (SSSR count). The number of rotatable bonds is 5. The van der Waals surface area contributed by atoms with Crippen LogP contribution in [-0.4, -0.2) is 41.8 Å². The van der Waals surface area contributed by atoms with Gasteiger partial charge in [-0.25, -0.2) is 0 Å². The van der Waals surface area contributed by atoms with Crippen molar-refractivity contribution in [1.82, 2.24) is 9.47 Å². The molecule has 0 radical (unpaired) electrons. The van der Waals surface area contributed by atoms with Gasteiger partial charge in [0.15, 0.2) is 0 Å². The molecule has 0 aliphatic heterocycles. The van der Waals surface area contributed by atoms with E-state index in [4.69, 9.17) is 16.3 Å². The normalized spacial score (nSPS) is 10.5. The molecule has 0 aliphatic rings. The first kappa shape index (κ1) is 20.8. The van der Waals surface area contributed by atoms with Gasteiger partial charge >= 0.3 is 0 Å². The third-order valence-electron chi connectivity index (χ3n) is 4.09. The lowest BCUT2D eigenvalue weighted by Gasteiger charge is -2.15. The maximum absolute atomic E-state index is 13.0. The minimum absolute atomic E-state index is 0.136. The van der Waals surface area contributed by atoms with Crippen LogP contribution in [0.4, 0.5) is 10.5 Å². The molecule has 2 amide bonds. The number of halogens is 1. The van der Waals surface area contributed by atoms with Crippen molar-refractivity contribution in [3.63, 3.8) is 0 Å². The Bertz CT molecular complexity index is 1040. The van der Waals surface area contributed by atoms with Gasteiger partial charge < -0.3 is 19.5 Å². The van der Waals surface area contributed by atoms with E-state index in [1.807, 2.05) is 35.2 Å². The van der Waals surface area contributed by atoms with Crippen LogP contribution in [0.25, 0.3) is 5.69 Å². The van der Waals surface area contributed by atoms with Crippen molar-refractivity contribution >= 4 is 40.2 Å². The maximum atomic E-state index is 13.0. The average molecular weight is 430 g/mol. The van der Waals surface area contributed by atoms with Crippen LogP contribution in [0.2, 0.25) is 5.02 Å². The Morgan fingerprint density at radius 1 is 1.10 bits per heavy atom. The van der Waals surface area contributed by atoms with Gasteiger partial charge in [-0.2, -0.15) is 0 Å². The number of nitrogens with one attached hydrogen (secondary N) is 1. The molecule has 0 saturated heterocycles. The lowest BCUT2D eigenvalue weighted by Crippen LogP contribution is -2.17. The number of ether oxygens (including phenoxy) is 1. The molecule has 0 saturated carbocycles. The molecule has 3 aromatic rings. The quantitative estimate of drug-likeness (QED) is 0.568. The molecule has 2 aromatic carbocycles. The number of aromatic nitrogens is 1. The van der Waals surface area contributed by atoms with Gasteiger partial charge in [0, 0.05) is 37.5 Å². The van der Waals surface area contributed by atoms with Gasteiger partial charge in [-0.3, -0.25) is 9.59 Å². The van der Waals surface area contributed by atoms with Gasteiger partial charge in [-0.05, 0) is 42.1 Å². The largest absolute Gasteiger partial charge is 0.496 e.